The first kappa shape index (κ1) is 24.8. The second kappa shape index (κ2) is 10.3. The van der Waals surface area contributed by atoms with Gasteiger partial charge in [-0.1, -0.05) is 17.7 Å². The summed E-state index contributed by atoms with van der Waals surface area (Å²) in [5.74, 6) is -0.395. The number of pyridine rings is 1. The average molecular weight is 523 g/mol. The number of aromatic nitrogens is 1. The number of aryl methyl sites for hydroxylation is 1. The van der Waals surface area contributed by atoms with Crippen LogP contribution in [0.5, 0.6) is 5.75 Å². The average Bonchev–Trinajstić information content (AvgIpc) is 3.27. The molecule has 0 radical (unpaired) electrons. The first-order valence-electron chi connectivity index (χ1n) is 12.2. The number of H-pyrrole nitrogens is 1. The number of amides is 3. The van der Waals surface area contributed by atoms with Crippen LogP contribution in [0.3, 0.4) is 0 Å². The Morgan fingerprint density at radius 2 is 1.86 bits per heavy atom. The van der Waals surface area contributed by atoms with Gasteiger partial charge in [0.1, 0.15) is 17.9 Å². The Hall–Kier alpha value is -3.85. The van der Waals surface area contributed by atoms with Gasteiger partial charge in [0.25, 0.3) is 11.8 Å². The number of halogens is 1. The van der Waals surface area contributed by atoms with Gasteiger partial charge in [0.2, 0.25) is 11.3 Å². The molecule has 192 valence electrons. The van der Waals surface area contributed by atoms with Crippen LogP contribution in [-0.4, -0.2) is 59.4 Å². The number of fused-ring (bicyclic) bond motifs is 5. The van der Waals surface area contributed by atoms with E-state index in [0.29, 0.717) is 40.1 Å². The van der Waals surface area contributed by atoms with Gasteiger partial charge in [-0.3, -0.25) is 19.2 Å². The fraction of sp³-hybridized carbons (Fsp3) is 0.333. The van der Waals surface area contributed by atoms with E-state index in [-0.39, 0.29) is 49.5 Å². The Morgan fingerprint density at radius 3 is 2.70 bits per heavy atom. The lowest BCUT2D eigenvalue weighted by atomic mass is 10.1. The molecule has 0 unspecified atom stereocenters. The van der Waals surface area contributed by atoms with Gasteiger partial charge in [0, 0.05) is 47.2 Å². The highest BCUT2D eigenvalue weighted by molar-refractivity contribution is 6.31. The van der Waals surface area contributed by atoms with Crippen molar-refractivity contribution in [1.29, 1.82) is 0 Å². The predicted molar refractivity (Wildman–Crippen MR) is 139 cm³/mol. The van der Waals surface area contributed by atoms with Gasteiger partial charge >= 0.3 is 0 Å². The van der Waals surface area contributed by atoms with Crippen molar-refractivity contribution in [1.82, 2.24) is 20.5 Å². The molecule has 1 fully saturated rings. The highest BCUT2D eigenvalue weighted by atomic mass is 35.5. The first-order chi connectivity index (χ1) is 17.8. The molecule has 1 saturated heterocycles. The number of benzene rings is 2. The van der Waals surface area contributed by atoms with Crippen LogP contribution in [0.1, 0.15) is 45.5 Å². The van der Waals surface area contributed by atoms with Crippen LogP contribution in [-0.2, 0) is 4.79 Å². The molecular formula is C27H27ClN4O5. The normalized spacial score (nSPS) is 20.4. The largest absolute Gasteiger partial charge is 0.491 e. The molecule has 0 saturated carbocycles. The summed E-state index contributed by atoms with van der Waals surface area (Å²) in [6.45, 7) is 2.60. The number of hydrogen-bond acceptors (Lipinski definition) is 5. The molecule has 2 aliphatic heterocycles. The van der Waals surface area contributed by atoms with E-state index in [1.54, 1.807) is 35.2 Å². The van der Waals surface area contributed by atoms with Crippen LogP contribution in [0, 0.1) is 6.92 Å². The summed E-state index contributed by atoms with van der Waals surface area (Å²) in [4.78, 5) is 57.2. The van der Waals surface area contributed by atoms with Gasteiger partial charge in [-0.25, -0.2) is 0 Å². The maximum atomic E-state index is 13.8. The second-order valence-electron chi connectivity index (χ2n) is 9.41. The van der Waals surface area contributed by atoms with Gasteiger partial charge in [-0.15, -0.1) is 0 Å². The second-order valence-corrected chi connectivity index (χ2v) is 9.85. The molecule has 0 spiro atoms. The van der Waals surface area contributed by atoms with Gasteiger partial charge < -0.3 is 25.3 Å². The molecule has 37 heavy (non-hydrogen) atoms. The van der Waals surface area contributed by atoms with E-state index < -0.39 is 17.4 Å². The summed E-state index contributed by atoms with van der Waals surface area (Å²) in [6, 6.07) is 9.22. The molecule has 9 nitrogen and oxygen atoms in total. The van der Waals surface area contributed by atoms with Crippen LogP contribution in [0.4, 0.5) is 0 Å². The fourth-order valence-electron chi connectivity index (χ4n) is 5.03. The van der Waals surface area contributed by atoms with Crippen LogP contribution in [0.2, 0.25) is 5.02 Å². The molecule has 2 aromatic carbocycles. The quantitative estimate of drug-likeness (QED) is 0.454. The van der Waals surface area contributed by atoms with Crippen molar-refractivity contribution in [2.75, 3.05) is 19.7 Å². The Morgan fingerprint density at radius 1 is 1.05 bits per heavy atom. The molecule has 3 amide bonds. The molecule has 3 N–H and O–H groups in total. The van der Waals surface area contributed by atoms with Crippen molar-refractivity contribution in [2.24, 2.45) is 0 Å². The maximum absolute atomic E-state index is 13.8. The SMILES string of the molecule is Cc1ccc2cc1OCCNC(=O)C[C@@H]1CC[C@H](CNC2=O)N1C(=O)c1c[nH]c2cc(Cl)ccc2c1=O. The zero-order valence-electron chi connectivity index (χ0n) is 20.3. The van der Waals surface area contributed by atoms with E-state index in [1.807, 2.05) is 13.0 Å². The Labute approximate surface area is 218 Å². The molecule has 5 rings (SSSR count). The van der Waals surface area contributed by atoms with Crippen LogP contribution < -0.4 is 20.8 Å². The van der Waals surface area contributed by atoms with Crippen molar-refractivity contribution < 1.29 is 19.1 Å². The highest BCUT2D eigenvalue weighted by Gasteiger charge is 2.39. The van der Waals surface area contributed by atoms with Crippen molar-refractivity contribution in [3.63, 3.8) is 0 Å². The zero-order valence-corrected chi connectivity index (χ0v) is 21.1. The van der Waals surface area contributed by atoms with E-state index in [2.05, 4.69) is 15.6 Å². The third-order valence-electron chi connectivity index (χ3n) is 6.98. The molecule has 3 heterocycles. The van der Waals surface area contributed by atoms with Crippen molar-refractivity contribution in [3.8, 4) is 5.75 Å². The lowest BCUT2D eigenvalue weighted by molar-refractivity contribution is -0.122. The van der Waals surface area contributed by atoms with E-state index in [1.165, 1.54) is 6.20 Å². The summed E-state index contributed by atoms with van der Waals surface area (Å²) in [5, 5.41) is 6.58. The minimum atomic E-state index is -0.474. The minimum Gasteiger partial charge on any atom is -0.491 e. The molecule has 2 aliphatic rings. The van der Waals surface area contributed by atoms with E-state index in [0.717, 1.165) is 5.56 Å². The maximum Gasteiger partial charge on any atom is 0.259 e. The predicted octanol–water partition coefficient (Wildman–Crippen LogP) is 2.79. The lowest BCUT2D eigenvalue weighted by Gasteiger charge is -2.30. The molecule has 2 atom stereocenters. The molecule has 3 aromatic rings. The number of carbonyl (C=O) groups is 3. The number of nitrogens with zero attached hydrogens (tertiary/aromatic N) is 1. The van der Waals surface area contributed by atoms with Crippen LogP contribution in [0.25, 0.3) is 10.9 Å². The van der Waals surface area contributed by atoms with Gasteiger partial charge in [0.05, 0.1) is 12.1 Å². The smallest absolute Gasteiger partial charge is 0.259 e. The van der Waals surface area contributed by atoms with E-state index in [4.69, 9.17) is 16.3 Å². The van der Waals surface area contributed by atoms with Gasteiger partial charge in [-0.05, 0) is 55.7 Å². The molecule has 1 aromatic heterocycles. The minimum absolute atomic E-state index is 0.0204. The number of nitrogens with one attached hydrogen (secondary N) is 3. The van der Waals surface area contributed by atoms with Crippen molar-refractivity contribution in [3.05, 3.63) is 74.5 Å². The van der Waals surface area contributed by atoms with Crippen LogP contribution >= 0.6 is 11.6 Å². The summed E-state index contributed by atoms with van der Waals surface area (Å²) in [7, 11) is 0. The Kier molecular flexibility index (Phi) is 6.88. The van der Waals surface area contributed by atoms with E-state index >= 15 is 0 Å². The van der Waals surface area contributed by atoms with Crippen molar-refractivity contribution >= 4 is 40.2 Å². The van der Waals surface area contributed by atoms with E-state index in [9.17, 15) is 19.2 Å². The monoisotopic (exact) mass is 522 g/mol. The number of aromatic amines is 1. The summed E-state index contributed by atoms with van der Waals surface area (Å²) in [6.07, 6.45) is 2.64. The Bertz CT molecular complexity index is 1450. The zero-order chi connectivity index (χ0) is 26.1. The standard InChI is InChI=1S/C27H27ClN4O5/c1-15-2-3-16-10-23(15)37-9-8-29-24(33)12-18-5-6-19(13-31-26(16)35)32(18)27(36)21-14-30-22-11-17(28)4-7-20(22)25(21)34/h2-4,7,10-11,14,18-19H,5-6,8-9,12-13H2,1H3,(H,29,33)(H,30,34)(H,31,35)/t18-,19+/m0/s1. The molecule has 10 heteroatoms. The summed E-state index contributed by atoms with van der Waals surface area (Å²) < 4.78 is 5.78. The number of carbonyl (C=O) groups excluding carboxylic acids is 3. The van der Waals surface area contributed by atoms with Gasteiger partial charge in [0.15, 0.2) is 0 Å². The topological polar surface area (TPSA) is 121 Å². The van der Waals surface area contributed by atoms with Crippen LogP contribution in [0.15, 0.2) is 47.4 Å². The number of hydrogen-bond donors (Lipinski definition) is 3. The fourth-order valence-corrected chi connectivity index (χ4v) is 5.21. The van der Waals surface area contributed by atoms with Gasteiger partial charge in [-0.2, -0.15) is 0 Å². The number of rotatable bonds is 1. The molecule has 4 bridgehead atoms. The molecular weight excluding hydrogens is 496 g/mol. The number of ether oxygens (including phenoxy) is 1. The molecule has 0 aliphatic carbocycles. The van der Waals surface area contributed by atoms with Crippen molar-refractivity contribution in [2.45, 2.75) is 38.3 Å². The first-order valence-corrected chi connectivity index (χ1v) is 12.6. The third kappa shape index (κ3) is 5.04. The third-order valence-corrected chi connectivity index (χ3v) is 7.21. The highest BCUT2D eigenvalue weighted by Crippen LogP contribution is 2.28. The summed E-state index contributed by atoms with van der Waals surface area (Å²) in [5.41, 5.74) is 1.42. The lowest BCUT2D eigenvalue weighted by Crippen LogP contribution is -2.48. The Balaban J connectivity index is 1.47. The summed E-state index contributed by atoms with van der Waals surface area (Å²) >= 11 is 6.04.